The molecule has 3 nitrogen and oxygen atoms in total. The van der Waals surface area contributed by atoms with E-state index in [4.69, 9.17) is 5.73 Å². The fraction of sp³-hybridized carbons (Fsp3) is 0.278. The molecule has 3 rings (SSSR count). The van der Waals surface area contributed by atoms with E-state index >= 15 is 0 Å². The minimum absolute atomic E-state index is 0.0534. The van der Waals surface area contributed by atoms with Gasteiger partial charge in [0.05, 0.1) is 6.04 Å². The van der Waals surface area contributed by atoms with Gasteiger partial charge in [-0.1, -0.05) is 60.7 Å². The van der Waals surface area contributed by atoms with Crippen molar-refractivity contribution in [1.82, 2.24) is 5.32 Å². The maximum absolute atomic E-state index is 12.1. The number of carbonyl (C=O) groups excluding carboxylic acids is 1. The predicted octanol–water partition coefficient (Wildman–Crippen LogP) is 2.23. The summed E-state index contributed by atoms with van der Waals surface area (Å²) in [4.78, 5) is 12.1. The topological polar surface area (TPSA) is 55.1 Å². The van der Waals surface area contributed by atoms with Crippen LogP contribution in [0.15, 0.2) is 60.7 Å². The van der Waals surface area contributed by atoms with Gasteiger partial charge in [-0.3, -0.25) is 4.79 Å². The highest BCUT2D eigenvalue weighted by atomic mass is 16.2. The van der Waals surface area contributed by atoms with Gasteiger partial charge in [0.2, 0.25) is 5.91 Å². The van der Waals surface area contributed by atoms with Gasteiger partial charge in [0.1, 0.15) is 0 Å². The van der Waals surface area contributed by atoms with Crippen LogP contribution in [-0.4, -0.2) is 18.0 Å². The lowest BCUT2D eigenvalue weighted by molar-refractivity contribution is -0.122. The van der Waals surface area contributed by atoms with Crippen LogP contribution in [0.3, 0.4) is 0 Å². The molecule has 1 amide bonds. The summed E-state index contributed by atoms with van der Waals surface area (Å²) in [5.74, 6) is 0.390. The summed E-state index contributed by atoms with van der Waals surface area (Å²) >= 11 is 0. The third-order valence-electron chi connectivity index (χ3n) is 3.98. The second-order valence-electron chi connectivity index (χ2n) is 5.66. The third kappa shape index (κ3) is 3.50. The standard InChI is InChI=1S/C18H20N2O/c19-16(11-13-7-3-1-4-8-13)18(21)20-17-12-15(17)14-9-5-2-6-10-14/h1-10,15-17H,11-12,19H2,(H,20,21)/t15?,16-,17?/m1/s1. The fourth-order valence-electron chi connectivity index (χ4n) is 2.67. The van der Waals surface area contributed by atoms with Gasteiger partial charge < -0.3 is 11.1 Å². The number of rotatable bonds is 5. The van der Waals surface area contributed by atoms with E-state index in [-0.39, 0.29) is 11.9 Å². The third-order valence-corrected chi connectivity index (χ3v) is 3.98. The van der Waals surface area contributed by atoms with E-state index in [9.17, 15) is 4.79 Å². The molecule has 1 fully saturated rings. The Morgan fingerprint density at radius 1 is 1.10 bits per heavy atom. The second kappa shape index (κ2) is 6.10. The Labute approximate surface area is 125 Å². The van der Waals surface area contributed by atoms with Crippen LogP contribution in [0, 0.1) is 0 Å². The monoisotopic (exact) mass is 280 g/mol. The zero-order chi connectivity index (χ0) is 14.7. The van der Waals surface area contributed by atoms with E-state index in [0.717, 1.165) is 12.0 Å². The summed E-state index contributed by atoms with van der Waals surface area (Å²) in [7, 11) is 0. The Bertz CT molecular complexity index is 597. The van der Waals surface area contributed by atoms with Crippen molar-refractivity contribution in [3.05, 3.63) is 71.8 Å². The number of nitrogens with one attached hydrogen (secondary N) is 1. The van der Waals surface area contributed by atoms with E-state index in [2.05, 4.69) is 17.4 Å². The van der Waals surface area contributed by atoms with Crippen LogP contribution in [0.4, 0.5) is 0 Å². The first-order valence-electron chi connectivity index (χ1n) is 7.39. The molecule has 0 aliphatic heterocycles. The van der Waals surface area contributed by atoms with Gasteiger partial charge in [0.15, 0.2) is 0 Å². The molecule has 3 N–H and O–H groups in total. The quantitative estimate of drug-likeness (QED) is 0.882. The summed E-state index contributed by atoms with van der Waals surface area (Å²) in [5.41, 5.74) is 8.38. The first-order chi connectivity index (χ1) is 10.2. The summed E-state index contributed by atoms with van der Waals surface area (Å²) in [6.07, 6.45) is 1.59. The maximum Gasteiger partial charge on any atom is 0.237 e. The molecule has 108 valence electrons. The summed E-state index contributed by atoms with van der Waals surface area (Å²) in [5, 5.41) is 3.06. The van der Waals surface area contributed by atoms with Crippen molar-refractivity contribution < 1.29 is 4.79 Å². The van der Waals surface area contributed by atoms with Crippen LogP contribution in [0.5, 0.6) is 0 Å². The van der Waals surface area contributed by atoms with Crippen LogP contribution in [-0.2, 0) is 11.2 Å². The highest BCUT2D eigenvalue weighted by Crippen LogP contribution is 2.40. The van der Waals surface area contributed by atoms with Crippen molar-refractivity contribution in [3.8, 4) is 0 Å². The Balaban J connectivity index is 1.51. The number of nitrogens with two attached hydrogens (primary N) is 1. The summed E-state index contributed by atoms with van der Waals surface area (Å²) in [6, 6.07) is 19.9. The highest BCUT2D eigenvalue weighted by Gasteiger charge is 2.39. The van der Waals surface area contributed by atoms with Crippen LogP contribution in [0.25, 0.3) is 0 Å². The van der Waals surface area contributed by atoms with Gasteiger partial charge in [-0.15, -0.1) is 0 Å². The molecular formula is C18H20N2O. The molecule has 0 radical (unpaired) electrons. The first kappa shape index (κ1) is 13.8. The molecule has 1 aliphatic rings. The van der Waals surface area contributed by atoms with Crippen molar-refractivity contribution in [2.75, 3.05) is 0 Å². The van der Waals surface area contributed by atoms with Crippen LogP contribution >= 0.6 is 0 Å². The number of hydrogen-bond donors (Lipinski definition) is 2. The molecule has 3 heteroatoms. The van der Waals surface area contributed by atoms with E-state index in [1.54, 1.807) is 0 Å². The lowest BCUT2D eigenvalue weighted by Crippen LogP contribution is -2.43. The van der Waals surface area contributed by atoms with Crippen LogP contribution in [0.2, 0.25) is 0 Å². The number of hydrogen-bond acceptors (Lipinski definition) is 2. The van der Waals surface area contributed by atoms with Crippen molar-refractivity contribution in [2.45, 2.75) is 30.8 Å². The number of amides is 1. The fourth-order valence-corrected chi connectivity index (χ4v) is 2.67. The summed E-state index contributed by atoms with van der Waals surface area (Å²) in [6.45, 7) is 0. The molecule has 0 heterocycles. The zero-order valence-corrected chi connectivity index (χ0v) is 11.9. The van der Waals surface area contributed by atoms with Gasteiger partial charge in [-0.2, -0.15) is 0 Å². The van der Waals surface area contributed by atoms with Gasteiger partial charge >= 0.3 is 0 Å². The van der Waals surface area contributed by atoms with E-state index < -0.39 is 6.04 Å². The lowest BCUT2D eigenvalue weighted by atomic mass is 10.1. The molecule has 2 aromatic carbocycles. The molecule has 2 aromatic rings. The molecule has 21 heavy (non-hydrogen) atoms. The first-order valence-corrected chi connectivity index (χ1v) is 7.39. The van der Waals surface area contributed by atoms with Crippen LogP contribution in [0.1, 0.15) is 23.5 Å². The Morgan fingerprint density at radius 3 is 2.38 bits per heavy atom. The average Bonchev–Trinajstić information content (AvgIpc) is 3.28. The van der Waals surface area contributed by atoms with Gasteiger partial charge in [0.25, 0.3) is 0 Å². The van der Waals surface area contributed by atoms with Gasteiger partial charge in [-0.25, -0.2) is 0 Å². The predicted molar refractivity (Wildman–Crippen MR) is 83.9 cm³/mol. The van der Waals surface area contributed by atoms with E-state index in [0.29, 0.717) is 12.3 Å². The Hall–Kier alpha value is -2.13. The smallest absolute Gasteiger partial charge is 0.237 e. The number of carbonyl (C=O) groups is 1. The van der Waals surface area contributed by atoms with Gasteiger partial charge in [0, 0.05) is 12.0 Å². The molecule has 0 bridgehead atoms. The molecule has 1 saturated carbocycles. The minimum atomic E-state index is -0.482. The van der Waals surface area contributed by atoms with E-state index in [1.165, 1.54) is 5.56 Å². The molecular weight excluding hydrogens is 260 g/mol. The van der Waals surface area contributed by atoms with Crippen molar-refractivity contribution in [2.24, 2.45) is 5.73 Å². The lowest BCUT2D eigenvalue weighted by Gasteiger charge is -2.12. The zero-order valence-electron chi connectivity index (χ0n) is 11.9. The van der Waals surface area contributed by atoms with Crippen molar-refractivity contribution in [1.29, 1.82) is 0 Å². The molecule has 3 atom stereocenters. The number of benzene rings is 2. The SMILES string of the molecule is N[C@H](Cc1ccccc1)C(=O)NC1CC1c1ccccc1. The van der Waals surface area contributed by atoms with Crippen molar-refractivity contribution in [3.63, 3.8) is 0 Å². The Morgan fingerprint density at radius 2 is 1.71 bits per heavy atom. The largest absolute Gasteiger partial charge is 0.351 e. The van der Waals surface area contributed by atoms with Crippen LogP contribution < -0.4 is 11.1 Å². The van der Waals surface area contributed by atoms with Crippen molar-refractivity contribution >= 4 is 5.91 Å². The molecule has 0 spiro atoms. The molecule has 1 aliphatic carbocycles. The van der Waals surface area contributed by atoms with E-state index in [1.807, 2.05) is 48.5 Å². The maximum atomic E-state index is 12.1. The normalized spacial score (nSPS) is 21.6. The minimum Gasteiger partial charge on any atom is -0.351 e. The molecule has 0 aromatic heterocycles. The summed E-state index contributed by atoms with van der Waals surface area (Å²) < 4.78 is 0. The molecule has 0 saturated heterocycles. The highest BCUT2D eigenvalue weighted by molar-refractivity contribution is 5.82. The Kier molecular flexibility index (Phi) is 4.02. The van der Waals surface area contributed by atoms with Gasteiger partial charge in [-0.05, 0) is 24.0 Å². The molecule has 2 unspecified atom stereocenters. The second-order valence-corrected chi connectivity index (χ2v) is 5.66. The average molecular weight is 280 g/mol.